The third-order valence-electron chi connectivity index (χ3n) is 3.76. The molecule has 100 valence electrons. The second-order valence-electron chi connectivity index (χ2n) is 5.33. The van der Waals surface area contributed by atoms with Crippen LogP contribution in [0.4, 0.5) is 0 Å². The van der Waals surface area contributed by atoms with Crippen LogP contribution >= 0.6 is 0 Å². The van der Waals surface area contributed by atoms with E-state index in [0.717, 1.165) is 25.2 Å². The van der Waals surface area contributed by atoms with E-state index in [0.29, 0.717) is 6.04 Å². The Balaban J connectivity index is 1.99. The summed E-state index contributed by atoms with van der Waals surface area (Å²) in [6.45, 7) is 7.76. The van der Waals surface area contributed by atoms with Crippen molar-refractivity contribution in [2.24, 2.45) is 5.92 Å². The first-order valence-corrected chi connectivity index (χ1v) is 6.50. The Labute approximate surface area is 107 Å². The Morgan fingerprint density at radius 3 is 2.83 bits per heavy atom. The van der Waals surface area contributed by atoms with Gasteiger partial charge < -0.3 is 5.11 Å². The van der Waals surface area contributed by atoms with Crippen molar-refractivity contribution in [3.8, 4) is 0 Å². The third-order valence-corrected chi connectivity index (χ3v) is 3.76. The third kappa shape index (κ3) is 2.56. The highest BCUT2D eigenvalue weighted by Crippen LogP contribution is 2.25. The Hall–Kier alpha value is -1.36. The van der Waals surface area contributed by atoms with Gasteiger partial charge in [0.05, 0.1) is 11.6 Å². The van der Waals surface area contributed by atoms with Gasteiger partial charge in [0.15, 0.2) is 0 Å². The molecule has 1 aliphatic rings. The molecule has 0 aliphatic carbocycles. The van der Waals surface area contributed by atoms with E-state index in [9.17, 15) is 4.79 Å². The lowest BCUT2D eigenvalue weighted by Crippen LogP contribution is -2.32. The van der Waals surface area contributed by atoms with Gasteiger partial charge >= 0.3 is 5.97 Å². The van der Waals surface area contributed by atoms with Gasteiger partial charge in [-0.05, 0) is 39.8 Å². The smallest absolute Gasteiger partial charge is 0.308 e. The molecule has 18 heavy (non-hydrogen) atoms. The summed E-state index contributed by atoms with van der Waals surface area (Å²) in [6.07, 6.45) is 2.72. The molecule has 0 aromatic carbocycles. The zero-order valence-electron chi connectivity index (χ0n) is 11.2. The fourth-order valence-electron chi connectivity index (χ4n) is 2.51. The summed E-state index contributed by atoms with van der Waals surface area (Å²) >= 11 is 0. The highest BCUT2D eigenvalue weighted by Gasteiger charge is 2.35. The fraction of sp³-hybridized carbons (Fsp3) is 0.692. The average Bonchev–Trinajstić information content (AvgIpc) is 2.87. The molecule has 1 aromatic rings. The Morgan fingerprint density at radius 2 is 2.33 bits per heavy atom. The molecule has 2 rings (SSSR count). The molecular weight excluding hydrogens is 230 g/mol. The quantitative estimate of drug-likeness (QED) is 0.886. The Kier molecular flexibility index (Phi) is 3.71. The van der Waals surface area contributed by atoms with Crippen LogP contribution < -0.4 is 0 Å². The molecule has 0 saturated carbocycles. The maximum atomic E-state index is 11.1. The summed E-state index contributed by atoms with van der Waals surface area (Å²) in [6, 6.07) is 2.47. The molecule has 1 fully saturated rings. The first kappa shape index (κ1) is 13.1. The Bertz CT molecular complexity index is 428. The second kappa shape index (κ2) is 5.10. The minimum absolute atomic E-state index is 0.0895. The number of hydrogen-bond donors (Lipinski definition) is 1. The highest BCUT2D eigenvalue weighted by molar-refractivity contribution is 5.71. The molecule has 5 nitrogen and oxygen atoms in total. The van der Waals surface area contributed by atoms with Gasteiger partial charge in [0.25, 0.3) is 0 Å². The molecule has 1 saturated heterocycles. The van der Waals surface area contributed by atoms with Crippen molar-refractivity contribution in [1.29, 1.82) is 0 Å². The van der Waals surface area contributed by atoms with E-state index in [4.69, 9.17) is 5.11 Å². The number of rotatable bonds is 4. The van der Waals surface area contributed by atoms with Crippen molar-refractivity contribution < 1.29 is 9.90 Å². The van der Waals surface area contributed by atoms with Crippen molar-refractivity contribution in [2.75, 3.05) is 6.54 Å². The van der Waals surface area contributed by atoms with Crippen molar-refractivity contribution in [1.82, 2.24) is 14.7 Å². The molecule has 1 N–H and O–H groups in total. The number of likely N-dealkylation sites (tertiary alicyclic amines) is 1. The van der Waals surface area contributed by atoms with E-state index in [1.54, 1.807) is 0 Å². The van der Waals surface area contributed by atoms with E-state index < -0.39 is 5.97 Å². The lowest BCUT2D eigenvalue weighted by atomic mass is 10.0. The lowest BCUT2D eigenvalue weighted by molar-refractivity contribution is -0.142. The standard InChI is InChI=1S/C13H21N3O2/c1-9(2)16-7-4-11(14-16)8-15-6-5-12(10(15)3)13(17)18/h4,7,9-10,12H,5-6,8H2,1-3H3,(H,17,18). The summed E-state index contributed by atoms with van der Waals surface area (Å²) in [4.78, 5) is 13.3. The van der Waals surface area contributed by atoms with Crippen LogP contribution in [0.25, 0.3) is 0 Å². The molecule has 0 amide bonds. The van der Waals surface area contributed by atoms with Gasteiger partial charge in [-0.1, -0.05) is 0 Å². The SMILES string of the molecule is CC1C(C(=O)O)CCN1Cc1ccn(C(C)C)n1. The summed E-state index contributed by atoms with van der Waals surface area (Å²) in [5, 5.41) is 13.6. The topological polar surface area (TPSA) is 58.4 Å². The van der Waals surface area contributed by atoms with Crippen LogP contribution in [0.2, 0.25) is 0 Å². The molecule has 0 spiro atoms. The summed E-state index contributed by atoms with van der Waals surface area (Å²) in [5.41, 5.74) is 1.02. The van der Waals surface area contributed by atoms with Gasteiger partial charge in [0, 0.05) is 24.8 Å². The largest absolute Gasteiger partial charge is 0.481 e. The maximum Gasteiger partial charge on any atom is 0.308 e. The fourth-order valence-corrected chi connectivity index (χ4v) is 2.51. The summed E-state index contributed by atoms with van der Waals surface area (Å²) < 4.78 is 1.94. The number of hydrogen-bond acceptors (Lipinski definition) is 3. The van der Waals surface area contributed by atoms with Gasteiger partial charge in [-0.25, -0.2) is 0 Å². The number of aromatic nitrogens is 2. The molecule has 0 radical (unpaired) electrons. The van der Waals surface area contributed by atoms with Crippen LogP contribution in [0.5, 0.6) is 0 Å². The van der Waals surface area contributed by atoms with Crippen molar-refractivity contribution in [3.05, 3.63) is 18.0 Å². The van der Waals surface area contributed by atoms with Crippen LogP contribution in [-0.4, -0.2) is 38.3 Å². The number of nitrogens with zero attached hydrogens (tertiary/aromatic N) is 3. The maximum absolute atomic E-state index is 11.1. The lowest BCUT2D eigenvalue weighted by Gasteiger charge is -2.21. The van der Waals surface area contributed by atoms with Crippen LogP contribution in [-0.2, 0) is 11.3 Å². The van der Waals surface area contributed by atoms with Gasteiger partial charge in [-0.2, -0.15) is 5.10 Å². The molecular formula is C13H21N3O2. The summed E-state index contributed by atoms with van der Waals surface area (Å²) in [5.74, 6) is -0.921. The molecule has 5 heteroatoms. The normalized spacial score (nSPS) is 24.9. The van der Waals surface area contributed by atoms with Gasteiger partial charge in [-0.15, -0.1) is 0 Å². The molecule has 1 aromatic heterocycles. The second-order valence-corrected chi connectivity index (χ2v) is 5.33. The predicted molar refractivity (Wildman–Crippen MR) is 68.2 cm³/mol. The minimum Gasteiger partial charge on any atom is -0.481 e. The molecule has 1 aliphatic heterocycles. The van der Waals surface area contributed by atoms with Crippen molar-refractivity contribution >= 4 is 5.97 Å². The highest BCUT2D eigenvalue weighted by atomic mass is 16.4. The average molecular weight is 251 g/mol. The predicted octanol–water partition coefficient (Wildman–Crippen LogP) is 1.76. The zero-order valence-corrected chi connectivity index (χ0v) is 11.2. The van der Waals surface area contributed by atoms with E-state index in [2.05, 4.69) is 23.8 Å². The summed E-state index contributed by atoms with van der Waals surface area (Å²) in [7, 11) is 0. The van der Waals surface area contributed by atoms with Gasteiger partial charge in [0.2, 0.25) is 0 Å². The number of carboxylic acids is 1. The Morgan fingerprint density at radius 1 is 1.61 bits per heavy atom. The van der Waals surface area contributed by atoms with Crippen LogP contribution in [0.15, 0.2) is 12.3 Å². The molecule has 0 bridgehead atoms. The number of carboxylic acid groups (broad SMARTS) is 1. The minimum atomic E-state index is -0.683. The van der Waals surface area contributed by atoms with Crippen LogP contribution in [0.1, 0.15) is 38.9 Å². The monoisotopic (exact) mass is 251 g/mol. The molecule has 2 atom stereocenters. The van der Waals surface area contributed by atoms with Crippen LogP contribution in [0.3, 0.4) is 0 Å². The first-order chi connectivity index (χ1) is 8.49. The van der Waals surface area contributed by atoms with Crippen molar-refractivity contribution in [3.63, 3.8) is 0 Å². The first-order valence-electron chi connectivity index (χ1n) is 6.50. The van der Waals surface area contributed by atoms with E-state index in [1.807, 2.05) is 23.9 Å². The van der Waals surface area contributed by atoms with E-state index in [1.165, 1.54) is 0 Å². The van der Waals surface area contributed by atoms with E-state index in [-0.39, 0.29) is 12.0 Å². The molecule has 2 heterocycles. The number of aliphatic carboxylic acids is 1. The number of carbonyl (C=O) groups is 1. The molecule has 2 unspecified atom stereocenters. The van der Waals surface area contributed by atoms with Crippen LogP contribution in [0, 0.1) is 5.92 Å². The zero-order chi connectivity index (χ0) is 13.3. The van der Waals surface area contributed by atoms with Gasteiger partial charge in [0.1, 0.15) is 0 Å². The van der Waals surface area contributed by atoms with Gasteiger partial charge in [-0.3, -0.25) is 14.4 Å². The van der Waals surface area contributed by atoms with Crippen molar-refractivity contribution in [2.45, 2.75) is 45.8 Å². The van der Waals surface area contributed by atoms with E-state index >= 15 is 0 Å².